The van der Waals surface area contributed by atoms with Crippen LogP contribution in [0.15, 0.2) is 27.1 Å². The molecule has 0 aliphatic rings. The molecule has 0 aliphatic carbocycles. The molecule has 1 rings (SSSR count). The normalized spacial score (nSPS) is 10.2. The Morgan fingerprint density at radius 2 is 1.93 bits per heavy atom. The number of anilines is 1. The maximum absolute atomic E-state index is 3.52. The minimum absolute atomic E-state index is 1.000. The number of hydrogen-bond donors (Lipinski definition) is 1. The number of thioether (sulfide) groups is 1. The van der Waals surface area contributed by atoms with E-state index in [1.54, 1.807) is 0 Å². The molecule has 0 saturated heterocycles. The van der Waals surface area contributed by atoms with Crippen molar-refractivity contribution < 1.29 is 0 Å². The summed E-state index contributed by atoms with van der Waals surface area (Å²) >= 11 is 8.98. The number of benzene rings is 1. The Morgan fingerprint density at radius 3 is 2.50 bits per heavy atom. The van der Waals surface area contributed by atoms with Gasteiger partial charge in [-0.3, -0.25) is 0 Å². The summed E-state index contributed by atoms with van der Waals surface area (Å²) in [5, 5.41) is 3.40. The molecule has 78 valence electrons. The Hall–Kier alpha value is 0.330. The first kappa shape index (κ1) is 12.4. The van der Waals surface area contributed by atoms with Crippen molar-refractivity contribution in [3.05, 3.63) is 27.1 Å². The monoisotopic (exact) mass is 337 g/mol. The molecule has 0 radical (unpaired) electrons. The maximum Gasteiger partial charge on any atom is 0.0629 e. The van der Waals surface area contributed by atoms with Gasteiger partial charge in [0.15, 0.2) is 0 Å². The van der Waals surface area contributed by atoms with Crippen LogP contribution < -0.4 is 5.32 Å². The molecule has 0 aliphatic heterocycles. The number of halogens is 2. The lowest BCUT2D eigenvalue weighted by Crippen LogP contribution is -2.05. The molecule has 0 spiro atoms. The van der Waals surface area contributed by atoms with E-state index in [9.17, 15) is 0 Å². The predicted octanol–water partition coefficient (Wildman–Crippen LogP) is 4.38. The van der Waals surface area contributed by atoms with Crippen molar-refractivity contribution in [1.82, 2.24) is 0 Å². The van der Waals surface area contributed by atoms with E-state index in [4.69, 9.17) is 0 Å². The van der Waals surface area contributed by atoms with E-state index in [0.717, 1.165) is 26.9 Å². The van der Waals surface area contributed by atoms with Gasteiger partial charge in [0, 0.05) is 21.2 Å². The van der Waals surface area contributed by atoms with E-state index < -0.39 is 0 Å². The summed E-state index contributed by atoms with van der Waals surface area (Å²) in [6, 6.07) is 6.10. The second-order valence-electron chi connectivity index (χ2n) is 2.72. The Balaban J connectivity index is 2.49. The summed E-state index contributed by atoms with van der Waals surface area (Å²) in [6.45, 7) is 3.18. The molecule has 14 heavy (non-hydrogen) atoms. The van der Waals surface area contributed by atoms with Crippen molar-refractivity contribution in [2.24, 2.45) is 0 Å². The zero-order valence-electron chi connectivity index (χ0n) is 8.02. The van der Waals surface area contributed by atoms with Crippen molar-refractivity contribution in [2.75, 3.05) is 23.4 Å². The van der Waals surface area contributed by atoms with Crippen molar-refractivity contribution in [3.8, 4) is 0 Å². The topological polar surface area (TPSA) is 12.0 Å². The summed E-state index contributed by atoms with van der Waals surface area (Å²) in [4.78, 5) is 0. The van der Waals surface area contributed by atoms with Crippen molar-refractivity contribution in [3.63, 3.8) is 0 Å². The average Bonchev–Trinajstić information content (AvgIpc) is 2.16. The molecule has 1 aromatic rings. The van der Waals surface area contributed by atoms with Gasteiger partial charge < -0.3 is 5.32 Å². The van der Waals surface area contributed by atoms with Crippen LogP contribution >= 0.6 is 43.6 Å². The highest BCUT2D eigenvalue weighted by Crippen LogP contribution is 2.30. The quantitative estimate of drug-likeness (QED) is 0.800. The molecule has 1 nitrogen and oxygen atoms in total. The highest BCUT2D eigenvalue weighted by atomic mass is 79.9. The standard InChI is InChI=1S/C10H13Br2NS/c1-2-14-7-6-13-10-8(11)4-3-5-9(10)12/h3-5,13H,2,6-7H2,1H3. The van der Waals surface area contributed by atoms with Gasteiger partial charge >= 0.3 is 0 Å². The average molecular weight is 339 g/mol. The SMILES string of the molecule is CCSCCNc1c(Br)cccc1Br. The molecular formula is C10H13Br2NS. The van der Waals surface area contributed by atoms with E-state index in [-0.39, 0.29) is 0 Å². The first-order valence-electron chi connectivity index (χ1n) is 4.51. The van der Waals surface area contributed by atoms with Gasteiger partial charge in [0.2, 0.25) is 0 Å². The van der Waals surface area contributed by atoms with Crippen molar-refractivity contribution in [1.29, 1.82) is 0 Å². The van der Waals surface area contributed by atoms with Crippen LogP contribution in [0.2, 0.25) is 0 Å². The Kier molecular flexibility index (Phi) is 5.98. The molecule has 0 saturated carbocycles. The minimum atomic E-state index is 1.000. The number of nitrogens with one attached hydrogen (secondary N) is 1. The Labute approximate surface area is 106 Å². The molecule has 1 N–H and O–H groups in total. The molecule has 0 atom stereocenters. The first-order valence-corrected chi connectivity index (χ1v) is 7.25. The van der Waals surface area contributed by atoms with Crippen LogP contribution in [0, 0.1) is 0 Å². The van der Waals surface area contributed by atoms with Gasteiger partial charge in [-0.2, -0.15) is 11.8 Å². The molecule has 0 heterocycles. The molecule has 0 bridgehead atoms. The van der Waals surface area contributed by atoms with Crippen LogP contribution in [0.5, 0.6) is 0 Å². The van der Waals surface area contributed by atoms with Crippen LogP contribution in [0.3, 0.4) is 0 Å². The fourth-order valence-electron chi connectivity index (χ4n) is 1.06. The summed E-state index contributed by atoms with van der Waals surface area (Å²) in [5.74, 6) is 2.32. The summed E-state index contributed by atoms with van der Waals surface area (Å²) in [7, 11) is 0. The molecular weight excluding hydrogens is 326 g/mol. The largest absolute Gasteiger partial charge is 0.382 e. The Bertz CT molecular complexity index is 271. The van der Waals surface area contributed by atoms with Gasteiger partial charge in [0.25, 0.3) is 0 Å². The van der Waals surface area contributed by atoms with E-state index in [0.29, 0.717) is 0 Å². The molecule has 1 aromatic carbocycles. The van der Waals surface area contributed by atoms with Gasteiger partial charge in [-0.25, -0.2) is 0 Å². The smallest absolute Gasteiger partial charge is 0.0629 e. The van der Waals surface area contributed by atoms with Crippen LogP contribution in [0.25, 0.3) is 0 Å². The fraction of sp³-hybridized carbons (Fsp3) is 0.400. The van der Waals surface area contributed by atoms with Gasteiger partial charge in [-0.05, 0) is 49.7 Å². The van der Waals surface area contributed by atoms with Gasteiger partial charge in [0.1, 0.15) is 0 Å². The van der Waals surface area contributed by atoms with Gasteiger partial charge in [-0.1, -0.05) is 13.0 Å². The lowest BCUT2D eigenvalue weighted by molar-refractivity contribution is 1.21. The lowest BCUT2D eigenvalue weighted by atomic mass is 10.3. The summed E-state index contributed by atoms with van der Waals surface area (Å²) in [6.07, 6.45) is 0. The highest BCUT2D eigenvalue weighted by Gasteiger charge is 2.02. The number of hydrogen-bond acceptors (Lipinski definition) is 2. The highest BCUT2D eigenvalue weighted by molar-refractivity contribution is 9.11. The summed E-state index contributed by atoms with van der Waals surface area (Å²) < 4.78 is 2.21. The lowest BCUT2D eigenvalue weighted by Gasteiger charge is -2.09. The number of rotatable bonds is 5. The van der Waals surface area contributed by atoms with Crippen LogP contribution in [-0.4, -0.2) is 18.1 Å². The molecule has 0 unspecified atom stereocenters. The fourth-order valence-corrected chi connectivity index (χ4v) is 2.87. The first-order chi connectivity index (χ1) is 6.75. The maximum atomic E-state index is 3.52. The van der Waals surface area contributed by atoms with E-state index in [1.165, 1.54) is 5.75 Å². The second kappa shape index (κ2) is 6.75. The third-order valence-corrected chi connectivity index (χ3v) is 3.94. The Morgan fingerprint density at radius 1 is 1.29 bits per heavy atom. The van der Waals surface area contributed by atoms with Crippen molar-refractivity contribution in [2.45, 2.75) is 6.92 Å². The number of para-hydroxylation sites is 1. The van der Waals surface area contributed by atoms with Crippen LogP contribution in [-0.2, 0) is 0 Å². The van der Waals surface area contributed by atoms with Crippen LogP contribution in [0.1, 0.15) is 6.92 Å². The summed E-state index contributed by atoms with van der Waals surface area (Å²) in [5.41, 5.74) is 1.14. The van der Waals surface area contributed by atoms with Crippen molar-refractivity contribution >= 4 is 49.3 Å². The van der Waals surface area contributed by atoms with Crippen LogP contribution in [0.4, 0.5) is 5.69 Å². The molecule has 0 amide bonds. The molecule has 0 fully saturated rings. The third-order valence-electron chi connectivity index (χ3n) is 1.72. The van der Waals surface area contributed by atoms with E-state index >= 15 is 0 Å². The molecule has 4 heteroatoms. The van der Waals surface area contributed by atoms with Gasteiger partial charge in [-0.15, -0.1) is 0 Å². The van der Waals surface area contributed by atoms with E-state index in [2.05, 4.69) is 44.1 Å². The second-order valence-corrected chi connectivity index (χ2v) is 5.82. The van der Waals surface area contributed by atoms with Gasteiger partial charge in [0.05, 0.1) is 5.69 Å². The zero-order valence-corrected chi connectivity index (χ0v) is 12.0. The zero-order chi connectivity index (χ0) is 10.4. The van der Waals surface area contributed by atoms with E-state index in [1.807, 2.05) is 30.0 Å². The minimum Gasteiger partial charge on any atom is -0.382 e. The predicted molar refractivity (Wildman–Crippen MR) is 73.3 cm³/mol. The molecule has 0 aromatic heterocycles. The third kappa shape index (κ3) is 3.83.